The third-order valence-corrected chi connectivity index (χ3v) is 4.21. The van der Waals surface area contributed by atoms with E-state index in [0.717, 1.165) is 18.2 Å². The number of carbonyl (C=O) groups excluding carboxylic acids is 2. The molecule has 2 aromatic rings. The second kappa shape index (κ2) is 6.86. The molecule has 24 heavy (non-hydrogen) atoms. The van der Waals surface area contributed by atoms with E-state index in [1.807, 2.05) is 0 Å². The molecule has 0 radical (unpaired) electrons. The topological polar surface area (TPSA) is 50.3 Å². The van der Waals surface area contributed by atoms with Crippen LogP contribution in [0.4, 0.5) is 8.78 Å². The number of hydrogen-bond donors (Lipinski definition) is 0. The van der Waals surface area contributed by atoms with Crippen molar-refractivity contribution in [3.05, 3.63) is 65.5 Å². The van der Waals surface area contributed by atoms with Gasteiger partial charge in [-0.05, 0) is 37.1 Å². The summed E-state index contributed by atoms with van der Waals surface area (Å²) in [6.07, 6.45) is 4.19. The maximum atomic E-state index is 13.2. The van der Waals surface area contributed by atoms with Gasteiger partial charge in [0, 0.05) is 48.6 Å². The Hall–Kier alpha value is -2.63. The van der Waals surface area contributed by atoms with Crippen LogP contribution in [0.3, 0.4) is 0 Å². The van der Waals surface area contributed by atoms with Crippen molar-refractivity contribution in [3.63, 3.8) is 0 Å². The van der Waals surface area contributed by atoms with E-state index in [0.29, 0.717) is 31.5 Å². The summed E-state index contributed by atoms with van der Waals surface area (Å²) in [6.45, 7) is 0.765. The highest BCUT2D eigenvalue weighted by molar-refractivity contribution is 5.98. The van der Waals surface area contributed by atoms with Gasteiger partial charge < -0.3 is 4.90 Å². The van der Waals surface area contributed by atoms with E-state index >= 15 is 0 Å². The number of likely N-dealkylation sites (tertiary alicyclic amines) is 1. The average Bonchev–Trinajstić information content (AvgIpc) is 2.60. The fourth-order valence-electron chi connectivity index (χ4n) is 2.95. The van der Waals surface area contributed by atoms with Crippen LogP contribution in [0.5, 0.6) is 0 Å². The van der Waals surface area contributed by atoms with Gasteiger partial charge in [0.15, 0.2) is 5.78 Å². The maximum Gasteiger partial charge on any atom is 0.254 e. The second-order valence-corrected chi connectivity index (χ2v) is 5.83. The van der Waals surface area contributed by atoms with Crippen molar-refractivity contribution >= 4 is 11.7 Å². The molecule has 0 spiro atoms. The predicted molar refractivity (Wildman–Crippen MR) is 83.6 cm³/mol. The molecule has 1 saturated heterocycles. The summed E-state index contributed by atoms with van der Waals surface area (Å²) in [7, 11) is 0. The lowest BCUT2D eigenvalue weighted by molar-refractivity contribution is 0.0649. The second-order valence-electron chi connectivity index (χ2n) is 5.83. The Morgan fingerprint density at radius 2 is 1.71 bits per heavy atom. The van der Waals surface area contributed by atoms with Crippen molar-refractivity contribution in [2.24, 2.45) is 5.92 Å². The Labute approximate surface area is 138 Å². The molecule has 0 aliphatic carbocycles. The molecule has 1 aliphatic rings. The number of amides is 1. The first-order chi connectivity index (χ1) is 11.5. The summed E-state index contributed by atoms with van der Waals surface area (Å²) in [5, 5.41) is 0. The number of Topliss-reactive ketones (excluding diaryl/α,β-unsaturated/α-hetero) is 1. The first-order valence-corrected chi connectivity index (χ1v) is 7.74. The van der Waals surface area contributed by atoms with E-state index in [1.165, 1.54) is 11.1 Å². The highest BCUT2D eigenvalue weighted by Gasteiger charge is 2.28. The lowest BCUT2D eigenvalue weighted by Gasteiger charge is -2.31. The van der Waals surface area contributed by atoms with Gasteiger partial charge in [-0.15, -0.1) is 0 Å². The van der Waals surface area contributed by atoms with E-state index in [-0.39, 0.29) is 17.3 Å². The van der Waals surface area contributed by atoms with Crippen molar-refractivity contribution in [1.29, 1.82) is 0 Å². The molecule has 0 N–H and O–H groups in total. The molecule has 1 aromatic carbocycles. The molecule has 0 bridgehead atoms. The Morgan fingerprint density at radius 3 is 2.29 bits per heavy atom. The van der Waals surface area contributed by atoms with E-state index in [1.54, 1.807) is 18.3 Å². The number of halogens is 2. The van der Waals surface area contributed by atoms with E-state index in [4.69, 9.17) is 0 Å². The van der Waals surface area contributed by atoms with E-state index in [9.17, 15) is 18.4 Å². The Balaban J connectivity index is 1.64. The van der Waals surface area contributed by atoms with Crippen LogP contribution in [0.1, 0.15) is 33.6 Å². The first kappa shape index (κ1) is 16.2. The highest BCUT2D eigenvalue weighted by atomic mass is 19.1. The molecular weight excluding hydrogens is 314 g/mol. The third kappa shape index (κ3) is 3.48. The summed E-state index contributed by atoms with van der Waals surface area (Å²) < 4.78 is 26.5. The van der Waals surface area contributed by atoms with Crippen LogP contribution in [0.2, 0.25) is 0 Å². The number of aromatic nitrogens is 1. The monoisotopic (exact) mass is 330 g/mol. The van der Waals surface area contributed by atoms with Crippen molar-refractivity contribution < 1.29 is 18.4 Å². The van der Waals surface area contributed by atoms with Gasteiger partial charge in [-0.2, -0.15) is 0 Å². The molecule has 1 aliphatic heterocycles. The fourth-order valence-corrected chi connectivity index (χ4v) is 2.95. The van der Waals surface area contributed by atoms with Crippen LogP contribution in [-0.2, 0) is 0 Å². The summed E-state index contributed by atoms with van der Waals surface area (Å²) in [5.74, 6) is -2.12. The van der Waals surface area contributed by atoms with Gasteiger partial charge in [0.05, 0.1) is 0 Å². The number of ketones is 1. The van der Waals surface area contributed by atoms with Crippen LogP contribution >= 0.6 is 0 Å². The van der Waals surface area contributed by atoms with Gasteiger partial charge in [0.1, 0.15) is 11.6 Å². The van der Waals surface area contributed by atoms with Gasteiger partial charge in [0.2, 0.25) is 0 Å². The van der Waals surface area contributed by atoms with Crippen LogP contribution < -0.4 is 0 Å². The molecule has 3 rings (SSSR count). The van der Waals surface area contributed by atoms with Gasteiger partial charge in [-0.25, -0.2) is 8.78 Å². The minimum Gasteiger partial charge on any atom is -0.339 e. The summed E-state index contributed by atoms with van der Waals surface area (Å²) >= 11 is 0. The van der Waals surface area contributed by atoms with E-state index in [2.05, 4.69) is 4.98 Å². The molecule has 2 heterocycles. The summed E-state index contributed by atoms with van der Waals surface area (Å²) in [5.41, 5.74) is 0.555. The molecule has 1 amide bonds. The normalized spacial score (nSPS) is 15.3. The van der Waals surface area contributed by atoms with Crippen molar-refractivity contribution in [3.8, 4) is 0 Å². The average molecular weight is 330 g/mol. The first-order valence-electron chi connectivity index (χ1n) is 7.74. The van der Waals surface area contributed by atoms with Gasteiger partial charge in [-0.1, -0.05) is 0 Å². The standard InChI is InChI=1S/C18H16F2N2O2/c19-15-8-14(9-16(20)10-15)18(24)22-6-3-12(4-7-22)17(23)13-2-1-5-21-11-13/h1-2,5,8-12H,3-4,6-7H2. The lowest BCUT2D eigenvalue weighted by atomic mass is 9.89. The van der Waals surface area contributed by atoms with Crippen molar-refractivity contribution in [2.45, 2.75) is 12.8 Å². The lowest BCUT2D eigenvalue weighted by Crippen LogP contribution is -2.40. The fraction of sp³-hybridized carbons (Fsp3) is 0.278. The largest absolute Gasteiger partial charge is 0.339 e. The Kier molecular flexibility index (Phi) is 4.64. The third-order valence-electron chi connectivity index (χ3n) is 4.21. The Morgan fingerprint density at radius 1 is 1.04 bits per heavy atom. The van der Waals surface area contributed by atoms with Crippen LogP contribution in [-0.4, -0.2) is 34.7 Å². The van der Waals surface area contributed by atoms with Gasteiger partial charge in [-0.3, -0.25) is 14.6 Å². The number of piperidine rings is 1. The SMILES string of the molecule is O=C(c1cccnc1)C1CCN(C(=O)c2cc(F)cc(F)c2)CC1. The molecule has 0 atom stereocenters. The zero-order valence-electron chi connectivity index (χ0n) is 12.9. The zero-order chi connectivity index (χ0) is 17.1. The molecule has 124 valence electrons. The number of benzene rings is 1. The highest BCUT2D eigenvalue weighted by Crippen LogP contribution is 2.23. The molecular formula is C18H16F2N2O2. The number of rotatable bonds is 3. The summed E-state index contributed by atoms with van der Waals surface area (Å²) in [4.78, 5) is 30.2. The van der Waals surface area contributed by atoms with Crippen molar-refractivity contribution in [1.82, 2.24) is 9.88 Å². The molecule has 0 saturated carbocycles. The molecule has 1 aromatic heterocycles. The van der Waals surface area contributed by atoms with Crippen LogP contribution in [0.25, 0.3) is 0 Å². The number of nitrogens with zero attached hydrogens (tertiary/aromatic N) is 2. The van der Waals surface area contributed by atoms with Gasteiger partial charge in [0.25, 0.3) is 5.91 Å². The van der Waals surface area contributed by atoms with Crippen molar-refractivity contribution in [2.75, 3.05) is 13.1 Å². The van der Waals surface area contributed by atoms with E-state index < -0.39 is 17.5 Å². The number of pyridine rings is 1. The Bertz CT molecular complexity index is 737. The quantitative estimate of drug-likeness (QED) is 0.813. The minimum atomic E-state index is -0.778. The number of carbonyl (C=O) groups is 2. The number of hydrogen-bond acceptors (Lipinski definition) is 3. The van der Waals surface area contributed by atoms with Crippen LogP contribution in [0, 0.1) is 17.6 Å². The maximum absolute atomic E-state index is 13.2. The van der Waals surface area contributed by atoms with Gasteiger partial charge >= 0.3 is 0 Å². The molecule has 0 unspecified atom stereocenters. The molecule has 6 heteroatoms. The smallest absolute Gasteiger partial charge is 0.254 e. The predicted octanol–water partition coefficient (Wildman–Crippen LogP) is 3.09. The summed E-state index contributed by atoms with van der Waals surface area (Å²) in [6, 6.07) is 6.22. The molecule has 1 fully saturated rings. The minimum absolute atomic E-state index is 0.00969. The zero-order valence-corrected chi connectivity index (χ0v) is 12.9. The molecule has 4 nitrogen and oxygen atoms in total. The van der Waals surface area contributed by atoms with Crippen LogP contribution in [0.15, 0.2) is 42.7 Å².